The number of nitrogens with one attached hydrogen (secondary N) is 1. The zero-order chi connectivity index (χ0) is 15.5. The molecule has 6 heteroatoms. The Morgan fingerprint density at radius 3 is 2.76 bits per heavy atom. The maximum Gasteiger partial charge on any atom is 0.242 e. The Hall–Kier alpha value is -1.11. The van der Waals surface area contributed by atoms with E-state index in [-0.39, 0.29) is 4.90 Å². The highest BCUT2D eigenvalue weighted by atomic mass is 32.2. The lowest BCUT2D eigenvalue weighted by molar-refractivity contribution is 0.0448. The van der Waals surface area contributed by atoms with Crippen molar-refractivity contribution in [3.05, 3.63) is 24.3 Å². The largest absolute Gasteiger partial charge is 0.388 e. The molecule has 118 valence electrons. The molecule has 5 nitrogen and oxygen atoms in total. The van der Waals surface area contributed by atoms with Gasteiger partial charge in [0.1, 0.15) is 4.90 Å². The lowest BCUT2D eigenvalue weighted by atomic mass is 9.95. The molecule has 2 rings (SSSR count). The van der Waals surface area contributed by atoms with E-state index in [2.05, 4.69) is 4.72 Å². The van der Waals surface area contributed by atoms with E-state index in [0.29, 0.717) is 18.8 Å². The van der Waals surface area contributed by atoms with E-state index in [4.69, 9.17) is 0 Å². The minimum absolute atomic E-state index is 0.288. The number of para-hydroxylation sites is 1. The van der Waals surface area contributed by atoms with Crippen LogP contribution in [0.1, 0.15) is 33.1 Å². The van der Waals surface area contributed by atoms with Gasteiger partial charge in [0.25, 0.3) is 0 Å². The number of piperidine rings is 1. The fourth-order valence-corrected chi connectivity index (χ4v) is 4.04. The summed E-state index contributed by atoms with van der Waals surface area (Å²) in [5.41, 5.74) is -0.104. The second-order valence-electron chi connectivity index (χ2n) is 5.89. The van der Waals surface area contributed by atoms with Gasteiger partial charge in [0.2, 0.25) is 10.0 Å². The zero-order valence-electron chi connectivity index (χ0n) is 12.7. The molecule has 1 heterocycles. The maximum absolute atomic E-state index is 12.4. The SMILES string of the molecule is CCCNS(=O)(=O)c1ccccc1N1CCCC(C)(O)C1. The Labute approximate surface area is 127 Å². The summed E-state index contributed by atoms with van der Waals surface area (Å²) in [6, 6.07) is 6.99. The van der Waals surface area contributed by atoms with Crippen molar-refractivity contribution in [3.8, 4) is 0 Å². The average Bonchev–Trinajstić information content (AvgIpc) is 2.44. The van der Waals surface area contributed by atoms with Gasteiger partial charge in [-0.3, -0.25) is 0 Å². The Morgan fingerprint density at radius 1 is 1.38 bits per heavy atom. The summed E-state index contributed by atoms with van der Waals surface area (Å²) in [6.45, 7) is 5.36. The number of benzene rings is 1. The van der Waals surface area contributed by atoms with E-state index in [9.17, 15) is 13.5 Å². The maximum atomic E-state index is 12.4. The van der Waals surface area contributed by atoms with E-state index in [0.717, 1.165) is 25.8 Å². The predicted octanol–water partition coefficient (Wildman–Crippen LogP) is 1.73. The highest BCUT2D eigenvalue weighted by Crippen LogP contribution is 2.30. The quantitative estimate of drug-likeness (QED) is 0.869. The van der Waals surface area contributed by atoms with Crippen molar-refractivity contribution >= 4 is 15.7 Å². The first-order chi connectivity index (χ1) is 9.86. The fraction of sp³-hybridized carbons (Fsp3) is 0.600. The molecule has 1 saturated heterocycles. The van der Waals surface area contributed by atoms with E-state index in [1.54, 1.807) is 19.1 Å². The van der Waals surface area contributed by atoms with Gasteiger partial charge in [-0.05, 0) is 38.3 Å². The van der Waals surface area contributed by atoms with E-state index >= 15 is 0 Å². The second-order valence-corrected chi connectivity index (χ2v) is 7.62. The van der Waals surface area contributed by atoms with Crippen LogP contribution >= 0.6 is 0 Å². The van der Waals surface area contributed by atoms with Gasteiger partial charge in [-0.1, -0.05) is 19.1 Å². The van der Waals surface area contributed by atoms with Crippen molar-refractivity contribution in [2.24, 2.45) is 0 Å². The van der Waals surface area contributed by atoms with Gasteiger partial charge in [-0.2, -0.15) is 0 Å². The van der Waals surface area contributed by atoms with Crippen LogP contribution in [0, 0.1) is 0 Å². The fourth-order valence-electron chi connectivity index (χ4n) is 2.69. The number of nitrogens with zero attached hydrogens (tertiary/aromatic N) is 1. The third-order valence-corrected chi connectivity index (χ3v) is 5.22. The van der Waals surface area contributed by atoms with Crippen molar-refractivity contribution in [3.63, 3.8) is 0 Å². The molecule has 0 amide bonds. The Kier molecular flexibility index (Phi) is 4.91. The monoisotopic (exact) mass is 312 g/mol. The molecular formula is C15H24N2O3S. The first-order valence-electron chi connectivity index (χ1n) is 7.42. The first kappa shape index (κ1) is 16.3. The number of hydrogen-bond acceptors (Lipinski definition) is 4. The highest BCUT2D eigenvalue weighted by molar-refractivity contribution is 7.89. The summed E-state index contributed by atoms with van der Waals surface area (Å²) in [5.74, 6) is 0. The van der Waals surface area contributed by atoms with Crippen LogP contribution in [0.25, 0.3) is 0 Å². The molecule has 1 unspecified atom stereocenters. The van der Waals surface area contributed by atoms with Crippen LogP contribution in [0.5, 0.6) is 0 Å². The van der Waals surface area contributed by atoms with Crippen molar-refractivity contribution < 1.29 is 13.5 Å². The van der Waals surface area contributed by atoms with Crippen LogP contribution in [0.2, 0.25) is 0 Å². The van der Waals surface area contributed by atoms with Crippen molar-refractivity contribution in [1.82, 2.24) is 4.72 Å². The third kappa shape index (κ3) is 3.96. The molecule has 0 spiro atoms. The van der Waals surface area contributed by atoms with Crippen molar-refractivity contribution in [2.75, 3.05) is 24.5 Å². The molecule has 1 aliphatic heterocycles. The van der Waals surface area contributed by atoms with Gasteiger partial charge in [-0.15, -0.1) is 0 Å². The number of hydrogen-bond donors (Lipinski definition) is 2. The summed E-state index contributed by atoms with van der Waals surface area (Å²) in [6.07, 6.45) is 2.34. The first-order valence-corrected chi connectivity index (χ1v) is 8.90. The Bertz CT molecular complexity index is 584. The van der Waals surface area contributed by atoms with Gasteiger partial charge in [0, 0.05) is 19.6 Å². The van der Waals surface area contributed by atoms with Crippen LogP contribution in [-0.4, -0.2) is 38.8 Å². The third-order valence-electron chi connectivity index (χ3n) is 3.71. The molecule has 21 heavy (non-hydrogen) atoms. The molecular weight excluding hydrogens is 288 g/mol. The minimum Gasteiger partial charge on any atom is -0.388 e. The lowest BCUT2D eigenvalue weighted by Crippen LogP contribution is -2.46. The van der Waals surface area contributed by atoms with E-state index in [1.807, 2.05) is 24.0 Å². The van der Waals surface area contributed by atoms with Crippen molar-refractivity contribution in [1.29, 1.82) is 0 Å². The highest BCUT2D eigenvalue weighted by Gasteiger charge is 2.31. The summed E-state index contributed by atoms with van der Waals surface area (Å²) in [4.78, 5) is 2.25. The Balaban J connectivity index is 2.33. The van der Waals surface area contributed by atoms with Gasteiger partial charge in [0.05, 0.1) is 11.3 Å². The molecule has 1 aromatic carbocycles. The molecule has 1 fully saturated rings. The van der Waals surface area contributed by atoms with Gasteiger partial charge in [0.15, 0.2) is 0 Å². The molecule has 1 aromatic rings. The summed E-state index contributed by atoms with van der Waals surface area (Å²) in [5, 5.41) is 10.2. The topological polar surface area (TPSA) is 69.6 Å². The van der Waals surface area contributed by atoms with Crippen LogP contribution in [0.15, 0.2) is 29.2 Å². The van der Waals surface area contributed by atoms with Gasteiger partial charge >= 0.3 is 0 Å². The van der Waals surface area contributed by atoms with Crippen LogP contribution in [0.3, 0.4) is 0 Å². The summed E-state index contributed by atoms with van der Waals surface area (Å²) < 4.78 is 27.4. The molecule has 1 aliphatic rings. The van der Waals surface area contributed by atoms with Crippen LogP contribution < -0.4 is 9.62 Å². The molecule has 0 aromatic heterocycles. The number of aliphatic hydroxyl groups is 1. The van der Waals surface area contributed by atoms with Crippen molar-refractivity contribution in [2.45, 2.75) is 43.6 Å². The van der Waals surface area contributed by atoms with Gasteiger partial charge in [-0.25, -0.2) is 13.1 Å². The number of sulfonamides is 1. The second kappa shape index (κ2) is 6.34. The average molecular weight is 312 g/mol. The smallest absolute Gasteiger partial charge is 0.242 e. The number of rotatable bonds is 5. The molecule has 2 N–H and O–H groups in total. The van der Waals surface area contributed by atoms with Crippen LogP contribution in [-0.2, 0) is 10.0 Å². The minimum atomic E-state index is -3.51. The van der Waals surface area contributed by atoms with Gasteiger partial charge < -0.3 is 10.0 Å². The van der Waals surface area contributed by atoms with Crippen LogP contribution in [0.4, 0.5) is 5.69 Å². The zero-order valence-corrected chi connectivity index (χ0v) is 13.5. The lowest BCUT2D eigenvalue weighted by Gasteiger charge is -2.38. The number of anilines is 1. The molecule has 1 atom stereocenters. The Morgan fingerprint density at radius 2 is 2.10 bits per heavy atom. The van der Waals surface area contributed by atoms with E-state index < -0.39 is 15.6 Å². The summed E-state index contributed by atoms with van der Waals surface area (Å²) in [7, 11) is -3.51. The molecule has 0 radical (unpaired) electrons. The number of β-amino-alcohol motifs (C(OH)–C–C–N with tert-alkyl or cyclic N) is 1. The molecule has 0 bridgehead atoms. The normalized spacial score (nSPS) is 23.3. The predicted molar refractivity (Wildman–Crippen MR) is 84.0 cm³/mol. The summed E-state index contributed by atoms with van der Waals surface area (Å²) >= 11 is 0. The molecule has 0 aliphatic carbocycles. The van der Waals surface area contributed by atoms with E-state index in [1.165, 1.54) is 0 Å². The standard InChI is InChI=1S/C15H24N2O3S/c1-3-10-16-21(19,20)14-8-5-4-7-13(14)17-11-6-9-15(2,18)12-17/h4-5,7-8,16,18H,3,6,9-12H2,1-2H3. The molecule has 0 saturated carbocycles.